The Morgan fingerprint density at radius 3 is 2.12 bits per heavy atom. The number of para-hydroxylation sites is 2. The van der Waals surface area contributed by atoms with Crippen molar-refractivity contribution in [3.8, 4) is 50.7 Å². The molecule has 5 aromatic carbocycles. The lowest BCUT2D eigenvalue weighted by Gasteiger charge is -2.29. The summed E-state index contributed by atoms with van der Waals surface area (Å²) < 4.78 is 6.20. The van der Waals surface area contributed by atoms with Gasteiger partial charge in [0.2, 0.25) is 5.89 Å². The van der Waals surface area contributed by atoms with Crippen molar-refractivity contribution in [3.05, 3.63) is 151 Å². The van der Waals surface area contributed by atoms with Crippen LogP contribution in [-0.2, 0) is 5.41 Å². The molecule has 0 unspecified atom stereocenters. The van der Waals surface area contributed by atoms with Crippen LogP contribution < -0.4 is 0 Å². The molecule has 1 N–H and O–H groups in total. The van der Waals surface area contributed by atoms with E-state index in [-0.39, 0.29) is 11.2 Å². The highest BCUT2D eigenvalue weighted by atomic mass is 16.3. The first-order chi connectivity index (χ1) is 21.0. The Bertz CT molecular complexity index is 2060. The van der Waals surface area contributed by atoms with Gasteiger partial charge in [-0.1, -0.05) is 111 Å². The predicted octanol–water partition coefficient (Wildman–Crippen LogP) is 9.92. The van der Waals surface area contributed by atoms with Gasteiger partial charge in [0.05, 0.1) is 11.3 Å². The first-order valence-corrected chi connectivity index (χ1v) is 14.4. The maximum absolute atomic E-state index is 10.5. The fourth-order valence-corrected chi connectivity index (χ4v) is 5.82. The summed E-state index contributed by atoms with van der Waals surface area (Å²) in [6, 6.07) is 44.9. The molecule has 0 aliphatic carbocycles. The molecule has 0 radical (unpaired) electrons. The van der Waals surface area contributed by atoms with E-state index in [1.165, 1.54) is 11.1 Å². The molecule has 0 atom stereocenters. The predicted molar refractivity (Wildman–Crippen MR) is 174 cm³/mol. The van der Waals surface area contributed by atoms with Crippen LogP contribution in [0.15, 0.2) is 144 Å². The normalized spacial score (nSPS) is 11.6. The number of pyridine rings is 1. The number of oxazole rings is 1. The lowest BCUT2D eigenvalue weighted by atomic mass is 9.74. The van der Waals surface area contributed by atoms with Crippen molar-refractivity contribution >= 4 is 11.1 Å². The monoisotopic (exact) mass is 558 g/mol. The zero-order chi connectivity index (χ0) is 29.4. The molecule has 0 aliphatic rings. The number of benzene rings is 5. The zero-order valence-corrected chi connectivity index (χ0v) is 24.0. The number of hydrogen-bond acceptors (Lipinski definition) is 4. The van der Waals surface area contributed by atoms with Crippen LogP contribution in [0, 0.1) is 0 Å². The fourth-order valence-electron chi connectivity index (χ4n) is 5.82. The SMILES string of the molecule is CC(C)(c1ccccc1)c1ccc(-c2cc(-c3ccccc3)ccn2)cc1-c1cccc2oc(-c3ccccc3O)nc12. The molecular formula is C39H30N2O2. The Balaban J connectivity index is 1.44. The van der Waals surface area contributed by atoms with E-state index in [1.807, 2.05) is 48.7 Å². The number of aromatic nitrogens is 2. The van der Waals surface area contributed by atoms with Gasteiger partial charge in [-0.3, -0.25) is 4.98 Å². The highest BCUT2D eigenvalue weighted by molar-refractivity contribution is 5.94. The van der Waals surface area contributed by atoms with Crippen molar-refractivity contribution in [1.29, 1.82) is 0 Å². The summed E-state index contributed by atoms with van der Waals surface area (Å²) in [7, 11) is 0. The first kappa shape index (κ1) is 26.4. The fraction of sp³-hybridized carbons (Fsp3) is 0.0769. The topological polar surface area (TPSA) is 59.2 Å². The van der Waals surface area contributed by atoms with Crippen LogP contribution >= 0.6 is 0 Å². The third-order valence-electron chi connectivity index (χ3n) is 8.19. The van der Waals surface area contributed by atoms with Crippen molar-refractivity contribution < 1.29 is 9.52 Å². The summed E-state index contributed by atoms with van der Waals surface area (Å²) in [5.41, 5.74) is 10.2. The molecule has 0 saturated carbocycles. The third-order valence-corrected chi connectivity index (χ3v) is 8.19. The highest BCUT2D eigenvalue weighted by Gasteiger charge is 2.28. The first-order valence-electron chi connectivity index (χ1n) is 14.4. The van der Waals surface area contributed by atoms with Crippen molar-refractivity contribution in [2.75, 3.05) is 0 Å². The van der Waals surface area contributed by atoms with Crippen molar-refractivity contribution in [2.24, 2.45) is 0 Å². The molecule has 208 valence electrons. The lowest BCUT2D eigenvalue weighted by Crippen LogP contribution is -2.20. The second-order valence-corrected chi connectivity index (χ2v) is 11.2. The number of aromatic hydroxyl groups is 1. The van der Waals surface area contributed by atoms with Crippen molar-refractivity contribution in [2.45, 2.75) is 19.3 Å². The van der Waals surface area contributed by atoms with Crippen LogP contribution in [-0.4, -0.2) is 15.1 Å². The molecule has 43 heavy (non-hydrogen) atoms. The molecule has 2 aromatic heterocycles. The number of fused-ring (bicyclic) bond motifs is 1. The van der Waals surface area contributed by atoms with Crippen LogP contribution in [0.5, 0.6) is 5.75 Å². The minimum atomic E-state index is -0.305. The quantitative estimate of drug-likeness (QED) is 0.221. The maximum atomic E-state index is 10.5. The van der Waals surface area contributed by atoms with E-state index in [0.717, 1.165) is 39.0 Å². The highest BCUT2D eigenvalue weighted by Crippen LogP contribution is 2.43. The molecule has 4 heteroatoms. The minimum Gasteiger partial charge on any atom is -0.507 e. The van der Waals surface area contributed by atoms with E-state index >= 15 is 0 Å². The Morgan fingerprint density at radius 2 is 1.33 bits per heavy atom. The van der Waals surface area contributed by atoms with Crippen LogP contribution in [0.2, 0.25) is 0 Å². The van der Waals surface area contributed by atoms with E-state index in [1.54, 1.807) is 12.1 Å². The summed E-state index contributed by atoms with van der Waals surface area (Å²) in [5, 5.41) is 10.5. The van der Waals surface area contributed by atoms with Gasteiger partial charge in [-0.25, -0.2) is 4.98 Å². The second kappa shape index (κ2) is 10.7. The third kappa shape index (κ3) is 4.87. The molecule has 7 rings (SSSR count). The van der Waals surface area contributed by atoms with E-state index < -0.39 is 0 Å². The van der Waals surface area contributed by atoms with Crippen LogP contribution in [0.4, 0.5) is 0 Å². The van der Waals surface area contributed by atoms with Crippen LogP contribution in [0.1, 0.15) is 25.0 Å². The van der Waals surface area contributed by atoms with E-state index in [9.17, 15) is 5.11 Å². The maximum Gasteiger partial charge on any atom is 0.231 e. The largest absolute Gasteiger partial charge is 0.507 e. The zero-order valence-electron chi connectivity index (χ0n) is 24.0. The van der Waals surface area contributed by atoms with E-state index in [2.05, 4.69) is 92.7 Å². The van der Waals surface area contributed by atoms with Gasteiger partial charge in [-0.05, 0) is 64.2 Å². The number of hydrogen-bond donors (Lipinski definition) is 1. The summed E-state index contributed by atoms with van der Waals surface area (Å²) in [6.07, 6.45) is 1.87. The Morgan fingerprint density at radius 1 is 0.605 bits per heavy atom. The van der Waals surface area contributed by atoms with Crippen molar-refractivity contribution in [1.82, 2.24) is 9.97 Å². The molecular weight excluding hydrogens is 528 g/mol. The molecule has 0 amide bonds. The van der Waals surface area contributed by atoms with Crippen molar-refractivity contribution in [3.63, 3.8) is 0 Å². The Hall–Kier alpha value is -5.48. The summed E-state index contributed by atoms with van der Waals surface area (Å²) in [4.78, 5) is 9.70. The smallest absolute Gasteiger partial charge is 0.231 e. The Labute approximate surface area is 251 Å². The molecule has 0 aliphatic heterocycles. The summed E-state index contributed by atoms with van der Waals surface area (Å²) >= 11 is 0. The number of nitrogens with zero attached hydrogens (tertiary/aromatic N) is 2. The molecule has 7 aromatic rings. The van der Waals surface area contributed by atoms with Gasteiger partial charge in [0.1, 0.15) is 11.3 Å². The van der Waals surface area contributed by atoms with Gasteiger partial charge in [-0.15, -0.1) is 0 Å². The van der Waals surface area contributed by atoms with Gasteiger partial charge >= 0.3 is 0 Å². The van der Waals surface area contributed by atoms with Gasteiger partial charge in [0.15, 0.2) is 5.58 Å². The molecule has 2 heterocycles. The molecule has 0 bridgehead atoms. The van der Waals surface area contributed by atoms with E-state index in [0.29, 0.717) is 17.0 Å². The number of phenols is 1. The molecule has 0 fully saturated rings. The molecule has 0 saturated heterocycles. The molecule has 4 nitrogen and oxygen atoms in total. The Kier molecular flexibility index (Phi) is 6.59. The van der Waals surface area contributed by atoms with E-state index in [4.69, 9.17) is 14.4 Å². The van der Waals surface area contributed by atoms with Gasteiger partial charge in [0.25, 0.3) is 0 Å². The van der Waals surface area contributed by atoms with Crippen LogP contribution in [0.25, 0.3) is 56.1 Å². The summed E-state index contributed by atoms with van der Waals surface area (Å²) in [5.74, 6) is 0.519. The minimum absolute atomic E-state index is 0.132. The second-order valence-electron chi connectivity index (χ2n) is 11.2. The summed E-state index contributed by atoms with van der Waals surface area (Å²) in [6.45, 7) is 4.51. The van der Waals surface area contributed by atoms with Crippen LogP contribution in [0.3, 0.4) is 0 Å². The molecule has 0 spiro atoms. The number of rotatable bonds is 6. The van der Waals surface area contributed by atoms with Gasteiger partial charge < -0.3 is 9.52 Å². The standard InChI is InChI=1S/C39H30N2O2/c1-39(2,29-14-7-4-8-15-29)33-21-20-28(34-25-27(22-23-40-34)26-12-5-3-6-13-26)24-32(33)30-17-11-19-36-37(30)41-38(43-36)31-16-9-10-18-35(31)42/h3-25,42H,1-2H3. The van der Waals surface area contributed by atoms with Gasteiger partial charge in [0, 0.05) is 22.7 Å². The average molecular weight is 559 g/mol. The van der Waals surface area contributed by atoms with Gasteiger partial charge in [-0.2, -0.15) is 0 Å². The lowest BCUT2D eigenvalue weighted by molar-refractivity contribution is 0.474. The number of phenolic OH excluding ortho intramolecular Hbond substituents is 1. The average Bonchev–Trinajstić information content (AvgIpc) is 3.50.